The van der Waals surface area contributed by atoms with Gasteiger partial charge in [0.25, 0.3) is 0 Å². The molecule has 154 valence electrons. The molecule has 2 heteroatoms. The van der Waals surface area contributed by atoms with Crippen molar-refractivity contribution in [1.29, 1.82) is 0 Å². The second-order valence-electron chi connectivity index (χ2n) is 7.42. The van der Waals surface area contributed by atoms with Crippen LogP contribution in [0.1, 0.15) is 35.6 Å². The topological polar surface area (TPSA) is 29.5 Å². The number of rotatable bonds is 7. The molecule has 0 atom stereocenters. The molecule has 0 aliphatic rings. The Labute approximate surface area is 184 Å². The molecule has 0 radical (unpaired) electrons. The van der Waals surface area contributed by atoms with Gasteiger partial charge < -0.3 is 9.84 Å². The summed E-state index contributed by atoms with van der Waals surface area (Å²) in [6, 6.07) is 36.3. The van der Waals surface area contributed by atoms with E-state index < -0.39 is 0 Å². The van der Waals surface area contributed by atoms with Gasteiger partial charge in [-0.3, -0.25) is 0 Å². The first-order chi connectivity index (χ1) is 15.2. The molecule has 0 unspecified atom stereocenters. The van der Waals surface area contributed by atoms with Crippen molar-refractivity contribution in [1.82, 2.24) is 0 Å². The van der Waals surface area contributed by atoms with Gasteiger partial charge in [-0.15, -0.1) is 0 Å². The molecule has 0 heterocycles. The van der Waals surface area contributed by atoms with Crippen LogP contribution in [0.25, 0.3) is 11.1 Å². The number of allylic oxidation sites excluding steroid dienone is 1. The van der Waals surface area contributed by atoms with Crippen molar-refractivity contribution in [3.05, 3.63) is 131 Å². The van der Waals surface area contributed by atoms with Crippen LogP contribution in [-0.4, -0.2) is 5.11 Å². The molecule has 31 heavy (non-hydrogen) atoms. The summed E-state index contributed by atoms with van der Waals surface area (Å²) in [5, 5.41) is 9.81. The van der Waals surface area contributed by atoms with Crippen molar-refractivity contribution < 1.29 is 9.84 Å². The van der Waals surface area contributed by atoms with Gasteiger partial charge in [0.05, 0.1) is 0 Å². The second kappa shape index (κ2) is 9.82. The zero-order chi connectivity index (χ0) is 21.5. The Bertz CT molecular complexity index is 1140. The third kappa shape index (κ3) is 5.04. The van der Waals surface area contributed by atoms with Crippen molar-refractivity contribution in [2.24, 2.45) is 0 Å². The normalized spacial score (nSPS) is 11.6. The van der Waals surface area contributed by atoms with E-state index in [1.165, 1.54) is 11.1 Å². The number of hydrogen-bond donors (Lipinski definition) is 1. The smallest absolute Gasteiger partial charge is 0.120 e. The van der Waals surface area contributed by atoms with Crippen LogP contribution in [0.3, 0.4) is 0 Å². The third-order valence-electron chi connectivity index (χ3n) is 5.30. The summed E-state index contributed by atoms with van der Waals surface area (Å²) in [6.07, 6.45) is 0.884. The van der Waals surface area contributed by atoms with Crippen molar-refractivity contribution in [2.75, 3.05) is 0 Å². The summed E-state index contributed by atoms with van der Waals surface area (Å²) in [6.45, 7) is 2.71. The van der Waals surface area contributed by atoms with E-state index in [9.17, 15) is 5.11 Å². The monoisotopic (exact) mass is 406 g/mol. The van der Waals surface area contributed by atoms with Gasteiger partial charge in [-0.25, -0.2) is 0 Å². The number of hydrogen-bond acceptors (Lipinski definition) is 2. The summed E-state index contributed by atoms with van der Waals surface area (Å²) in [4.78, 5) is 0. The van der Waals surface area contributed by atoms with E-state index in [1.807, 2.05) is 48.5 Å². The zero-order valence-corrected chi connectivity index (χ0v) is 17.7. The van der Waals surface area contributed by atoms with Crippen LogP contribution in [0.2, 0.25) is 0 Å². The molecule has 0 spiro atoms. The number of ether oxygens (including phenoxy) is 1. The first kappa shape index (κ1) is 20.5. The average Bonchev–Trinajstić information content (AvgIpc) is 2.83. The van der Waals surface area contributed by atoms with E-state index in [4.69, 9.17) is 4.74 Å². The molecule has 2 nitrogen and oxygen atoms in total. The Morgan fingerprint density at radius 1 is 0.677 bits per heavy atom. The van der Waals surface area contributed by atoms with Crippen LogP contribution in [0.4, 0.5) is 0 Å². The first-order valence-electron chi connectivity index (χ1n) is 10.6. The van der Waals surface area contributed by atoms with Crippen molar-refractivity contribution >= 4 is 11.1 Å². The summed E-state index contributed by atoms with van der Waals surface area (Å²) >= 11 is 0. The van der Waals surface area contributed by atoms with E-state index >= 15 is 0 Å². The van der Waals surface area contributed by atoms with Gasteiger partial charge in [0, 0.05) is 0 Å². The van der Waals surface area contributed by atoms with Crippen LogP contribution in [0.5, 0.6) is 11.5 Å². The lowest BCUT2D eigenvalue weighted by molar-refractivity contribution is 0.306. The number of benzene rings is 4. The molecule has 4 aromatic rings. The summed E-state index contributed by atoms with van der Waals surface area (Å²) in [5.74, 6) is 1.10. The highest BCUT2D eigenvalue weighted by atomic mass is 16.5. The highest BCUT2D eigenvalue weighted by molar-refractivity contribution is 5.98. The Kier molecular flexibility index (Phi) is 6.49. The molecule has 0 amide bonds. The van der Waals surface area contributed by atoms with Gasteiger partial charge in [0.2, 0.25) is 0 Å². The van der Waals surface area contributed by atoms with Crippen molar-refractivity contribution in [3.8, 4) is 11.5 Å². The van der Waals surface area contributed by atoms with E-state index in [2.05, 4.69) is 55.5 Å². The lowest BCUT2D eigenvalue weighted by atomic mass is 9.88. The van der Waals surface area contributed by atoms with Crippen LogP contribution in [0.15, 0.2) is 109 Å². The molecule has 0 aromatic heterocycles. The van der Waals surface area contributed by atoms with E-state index in [0.29, 0.717) is 6.61 Å². The minimum Gasteiger partial charge on any atom is -0.508 e. The standard InChI is InChI=1S/C29H26O2/c1-2-28(23-12-7-4-8-13-23)29(24-16-18-26(30)19-17-24)25-14-9-15-27(20-25)31-21-22-10-5-3-6-11-22/h3-20,30H,2,21H2,1H3/b29-28+. The Balaban J connectivity index is 1.77. The molecule has 0 aliphatic heterocycles. The van der Waals surface area contributed by atoms with Crippen molar-refractivity contribution in [3.63, 3.8) is 0 Å². The minimum atomic E-state index is 0.265. The molecule has 1 N–H and O–H groups in total. The average molecular weight is 407 g/mol. The fourth-order valence-corrected chi connectivity index (χ4v) is 3.79. The van der Waals surface area contributed by atoms with E-state index in [1.54, 1.807) is 12.1 Å². The maximum atomic E-state index is 9.81. The Morgan fingerprint density at radius 3 is 2.00 bits per heavy atom. The lowest BCUT2D eigenvalue weighted by Crippen LogP contribution is -1.98. The Hall–Kier alpha value is -3.78. The van der Waals surface area contributed by atoms with Gasteiger partial charge in [0.15, 0.2) is 0 Å². The number of aromatic hydroxyl groups is 1. The minimum absolute atomic E-state index is 0.265. The van der Waals surface area contributed by atoms with Gasteiger partial charge in [-0.2, -0.15) is 0 Å². The molecular formula is C29H26O2. The van der Waals surface area contributed by atoms with Gasteiger partial charge in [-0.1, -0.05) is 91.9 Å². The highest BCUT2D eigenvalue weighted by Crippen LogP contribution is 2.36. The predicted octanol–water partition coefficient (Wildman–Crippen LogP) is 7.34. The van der Waals surface area contributed by atoms with E-state index in [-0.39, 0.29) is 5.75 Å². The molecule has 4 aromatic carbocycles. The lowest BCUT2D eigenvalue weighted by Gasteiger charge is -2.17. The third-order valence-corrected chi connectivity index (χ3v) is 5.30. The largest absolute Gasteiger partial charge is 0.508 e. The fourth-order valence-electron chi connectivity index (χ4n) is 3.79. The van der Waals surface area contributed by atoms with Crippen LogP contribution in [-0.2, 0) is 6.61 Å². The molecule has 4 rings (SSSR count). The summed E-state index contributed by atoms with van der Waals surface area (Å²) in [5.41, 5.74) is 6.91. The zero-order valence-electron chi connectivity index (χ0n) is 17.7. The van der Waals surface area contributed by atoms with Crippen LogP contribution >= 0.6 is 0 Å². The Morgan fingerprint density at radius 2 is 1.32 bits per heavy atom. The van der Waals surface area contributed by atoms with Crippen LogP contribution in [0, 0.1) is 0 Å². The molecular weight excluding hydrogens is 380 g/mol. The molecule has 0 saturated carbocycles. The molecule has 0 aliphatic carbocycles. The maximum absolute atomic E-state index is 9.81. The predicted molar refractivity (Wildman–Crippen MR) is 128 cm³/mol. The summed E-state index contributed by atoms with van der Waals surface area (Å²) in [7, 11) is 0. The van der Waals surface area contributed by atoms with Crippen molar-refractivity contribution in [2.45, 2.75) is 20.0 Å². The molecule has 0 saturated heterocycles. The van der Waals surface area contributed by atoms with Gasteiger partial charge in [0.1, 0.15) is 18.1 Å². The fraction of sp³-hybridized carbons (Fsp3) is 0.103. The molecule has 0 bridgehead atoms. The number of phenols is 1. The van der Waals surface area contributed by atoms with E-state index in [0.717, 1.165) is 34.4 Å². The quantitative estimate of drug-likeness (QED) is 0.325. The SMILES string of the molecule is CC/C(=C(/c1ccc(O)cc1)c1cccc(OCc2ccccc2)c1)c1ccccc1. The molecule has 0 fully saturated rings. The number of phenolic OH excluding ortho intramolecular Hbond substituents is 1. The van der Waals surface area contributed by atoms with Gasteiger partial charge >= 0.3 is 0 Å². The first-order valence-corrected chi connectivity index (χ1v) is 10.6. The van der Waals surface area contributed by atoms with Gasteiger partial charge in [-0.05, 0) is 64.1 Å². The maximum Gasteiger partial charge on any atom is 0.120 e. The van der Waals surface area contributed by atoms with Crippen LogP contribution < -0.4 is 4.74 Å². The second-order valence-corrected chi connectivity index (χ2v) is 7.42. The highest BCUT2D eigenvalue weighted by Gasteiger charge is 2.14. The summed E-state index contributed by atoms with van der Waals surface area (Å²) < 4.78 is 6.09.